The van der Waals surface area contributed by atoms with Crippen molar-refractivity contribution in [2.45, 2.75) is 39.3 Å². The first-order valence-electron chi connectivity index (χ1n) is 5.65. The second-order valence-corrected chi connectivity index (χ2v) is 6.46. The van der Waals surface area contributed by atoms with E-state index in [0.717, 1.165) is 5.30 Å². The predicted molar refractivity (Wildman–Crippen MR) is 70.9 cm³/mol. The van der Waals surface area contributed by atoms with Gasteiger partial charge in [-0.25, -0.2) is 0 Å². The molecule has 0 spiro atoms. The van der Waals surface area contributed by atoms with Gasteiger partial charge in [0.25, 0.3) is 0 Å². The van der Waals surface area contributed by atoms with Crippen LogP contribution in [0.2, 0.25) is 0 Å². The molecule has 6 heteroatoms. The summed E-state index contributed by atoms with van der Waals surface area (Å²) in [5.74, 6) is 1.27. The van der Waals surface area contributed by atoms with Gasteiger partial charge in [-0.05, 0) is 0 Å². The molecule has 1 aromatic carbocycles. The Morgan fingerprint density at radius 2 is 1.33 bits per heavy atom. The van der Waals surface area contributed by atoms with E-state index in [1.165, 1.54) is 0 Å². The monoisotopic (exact) mass is 288 g/mol. The Morgan fingerprint density at radius 1 is 0.889 bits per heavy atom. The average molecular weight is 289 g/mol. The molecule has 1 unspecified atom stereocenters. The molecule has 2 aliphatic heterocycles. The molecule has 0 bridgehead atoms. The van der Waals surface area contributed by atoms with E-state index >= 15 is 0 Å². The number of hydrogen-bond donors (Lipinski definition) is 0. The van der Waals surface area contributed by atoms with E-state index in [1.54, 1.807) is 6.07 Å². The Bertz CT molecular complexity index is 485. The Kier molecular flexibility index (Phi) is 2.43. The summed E-state index contributed by atoms with van der Waals surface area (Å²) in [6.07, 6.45) is 0. The molecule has 1 aromatic rings. The molecule has 0 N–H and O–H groups in total. The van der Waals surface area contributed by atoms with E-state index in [0.29, 0.717) is 23.0 Å². The summed E-state index contributed by atoms with van der Waals surface area (Å²) in [6.45, 7) is 7.41. The maximum absolute atomic E-state index is 6.04. The second-order valence-electron chi connectivity index (χ2n) is 5.21. The molecule has 0 amide bonds. The third-order valence-corrected chi connectivity index (χ3v) is 3.88. The van der Waals surface area contributed by atoms with Crippen LogP contribution < -0.4 is 24.3 Å². The van der Waals surface area contributed by atoms with Gasteiger partial charge in [-0.3, -0.25) is 0 Å². The van der Waals surface area contributed by atoms with Crippen LogP contribution >= 0.6 is 19.2 Å². The highest BCUT2D eigenvalue weighted by Gasteiger charge is 2.41. The van der Waals surface area contributed by atoms with Crippen molar-refractivity contribution in [3.05, 3.63) is 6.07 Å². The summed E-state index contributed by atoms with van der Waals surface area (Å²) >= 11 is 6.04. The van der Waals surface area contributed by atoms with Crippen LogP contribution in [0.15, 0.2) is 6.07 Å². The van der Waals surface area contributed by atoms with Crippen molar-refractivity contribution in [1.82, 2.24) is 0 Å². The van der Waals surface area contributed by atoms with Crippen molar-refractivity contribution < 1.29 is 18.9 Å². The highest BCUT2D eigenvalue weighted by atomic mass is 35.7. The van der Waals surface area contributed by atoms with E-state index in [2.05, 4.69) is 0 Å². The fourth-order valence-electron chi connectivity index (χ4n) is 2.10. The summed E-state index contributed by atoms with van der Waals surface area (Å²) < 4.78 is 23.0. The van der Waals surface area contributed by atoms with Gasteiger partial charge >= 0.3 is 0 Å². The van der Waals surface area contributed by atoms with Gasteiger partial charge in [-0.1, -0.05) is 11.2 Å². The number of fused-ring (bicyclic) bond motifs is 2. The topological polar surface area (TPSA) is 36.9 Å². The first-order valence-corrected chi connectivity index (χ1v) is 7.66. The first kappa shape index (κ1) is 12.2. The summed E-state index contributed by atoms with van der Waals surface area (Å²) in [7, 11) is 0.0284. The lowest BCUT2D eigenvalue weighted by Crippen LogP contribution is -2.31. The zero-order valence-corrected chi connectivity index (χ0v) is 12.3. The van der Waals surface area contributed by atoms with E-state index in [9.17, 15) is 0 Å². The molecule has 2 heterocycles. The van der Waals surface area contributed by atoms with Crippen molar-refractivity contribution in [3.8, 4) is 23.0 Å². The van der Waals surface area contributed by atoms with Crippen molar-refractivity contribution in [1.29, 1.82) is 0 Å². The molecule has 0 saturated heterocycles. The number of rotatable bonds is 1. The van der Waals surface area contributed by atoms with Gasteiger partial charge < -0.3 is 18.9 Å². The highest BCUT2D eigenvalue weighted by Crippen LogP contribution is 2.51. The molecular weight excluding hydrogens is 275 g/mol. The predicted octanol–water partition coefficient (Wildman–Crippen LogP) is 3.16. The van der Waals surface area contributed by atoms with Crippen LogP contribution in [0.25, 0.3) is 0 Å². The molecule has 0 saturated carbocycles. The van der Waals surface area contributed by atoms with Crippen molar-refractivity contribution in [3.63, 3.8) is 0 Å². The summed E-state index contributed by atoms with van der Waals surface area (Å²) in [4.78, 5) is 0. The quantitative estimate of drug-likeness (QED) is 0.744. The van der Waals surface area contributed by atoms with Gasteiger partial charge in [-0.2, -0.15) is 0 Å². The van der Waals surface area contributed by atoms with Crippen LogP contribution in [-0.4, -0.2) is 11.6 Å². The van der Waals surface area contributed by atoms with Crippen LogP contribution in [0.3, 0.4) is 0 Å². The molecule has 3 rings (SSSR count). The third kappa shape index (κ3) is 1.79. The lowest BCUT2D eigenvalue weighted by atomic mass is 10.3. The van der Waals surface area contributed by atoms with E-state index in [-0.39, 0.29) is 7.93 Å². The largest absolute Gasteiger partial charge is 0.449 e. The zero-order valence-electron chi connectivity index (χ0n) is 10.6. The van der Waals surface area contributed by atoms with Crippen LogP contribution in [0.1, 0.15) is 27.7 Å². The zero-order chi connectivity index (χ0) is 13.1. The number of ether oxygens (including phenoxy) is 4. The van der Waals surface area contributed by atoms with Crippen LogP contribution in [0, 0.1) is 0 Å². The average Bonchev–Trinajstić information content (AvgIpc) is 2.67. The minimum absolute atomic E-state index is 0.0284. The maximum Gasteiger partial charge on any atom is 0.246 e. The molecule has 18 heavy (non-hydrogen) atoms. The molecule has 98 valence electrons. The van der Waals surface area contributed by atoms with Crippen molar-refractivity contribution >= 4 is 24.5 Å². The number of benzene rings is 1. The Morgan fingerprint density at radius 3 is 1.72 bits per heavy atom. The summed E-state index contributed by atoms with van der Waals surface area (Å²) in [6, 6.07) is 1.80. The van der Waals surface area contributed by atoms with Gasteiger partial charge in [0, 0.05) is 41.7 Å². The van der Waals surface area contributed by atoms with E-state index in [1.807, 2.05) is 27.7 Å². The van der Waals surface area contributed by atoms with E-state index < -0.39 is 11.6 Å². The number of halogens is 1. The van der Waals surface area contributed by atoms with Crippen LogP contribution in [0.4, 0.5) is 0 Å². The highest BCUT2D eigenvalue weighted by molar-refractivity contribution is 7.75. The lowest BCUT2D eigenvalue weighted by Gasteiger charge is -2.18. The summed E-state index contributed by atoms with van der Waals surface area (Å²) in [5.41, 5.74) is 0. The lowest BCUT2D eigenvalue weighted by molar-refractivity contribution is -0.0473. The molecular formula is C12H14ClO4P. The van der Waals surface area contributed by atoms with Gasteiger partial charge in [0.1, 0.15) is 0 Å². The minimum Gasteiger partial charge on any atom is -0.449 e. The SMILES string of the molecule is CC1(C)Oc2cc3c(c(PCl)c2O1)OC(C)(C)O3. The maximum atomic E-state index is 6.04. The molecule has 0 aliphatic carbocycles. The molecule has 2 aliphatic rings. The number of hydrogen-bond acceptors (Lipinski definition) is 4. The van der Waals surface area contributed by atoms with Gasteiger partial charge in [0.05, 0.1) is 5.30 Å². The van der Waals surface area contributed by atoms with Crippen LogP contribution in [-0.2, 0) is 0 Å². The standard InChI is InChI=1S/C12H14ClO4P/c1-11(2)14-6-5-7-9(17-12(3,4)15-7)10(18-13)8(6)16-11/h5,18H,1-4H3. The minimum atomic E-state index is -0.682. The van der Waals surface area contributed by atoms with Crippen molar-refractivity contribution in [2.24, 2.45) is 0 Å². The van der Waals surface area contributed by atoms with Gasteiger partial charge in [-0.15, -0.1) is 0 Å². The Balaban J connectivity index is 2.14. The molecule has 0 fully saturated rings. The van der Waals surface area contributed by atoms with Crippen LogP contribution in [0.5, 0.6) is 23.0 Å². The normalized spacial score (nSPS) is 21.8. The fourth-order valence-corrected chi connectivity index (χ4v) is 3.14. The van der Waals surface area contributed by atoms with Crippen molar-refractivity contribution in [2.75, 3.05) is 0 Å². The molecule has 0 radical (unpaired) electrons. The third-order valence-electron chi connectivity index (χ3n) is 2.67. The molecule has 0 aromatic heterocycles. The molecule has 4 nitrogen and oxygen atoms in total. The van der Waals surface area contributed by atoms with Gasteiger partial charge in [0.15, 0.2) is 23.0 Å². The fraction of sp³-hybridized carbons (Fsp3) is 0.500. The van der Waals surface area contributed by atoms with Gasteiger partial charge in [0.2, 0.25) is 11.6 Å². The van der Waals surface area contributed by atoms with E-state index in [4.69, 9.17) is 30.2 Å². The smallest absolute Gasteiger partial charge is 0.246 e. The first-order chi connectivity index (χ1) is 8.31. The Hall–Kier alpha value is -0.860. The molecule has 1 atom stereocenters. The second kappa shape index (κ2) is 3.58. The summed E-state index contributed by atoms with van der Waals surface area (Å²) in [5, 5.41) is 0.806. The Labute approximate surface area is 112 Å².